The Hall–Kier alpha value is -1.56. The van der Waals surface area contributed by atoms with E-state index in [9.17, 15) is 0 Å². The van der Waals surface area contributed by atoms with Crippen LogP contribution in [0.15, 0.2) is 0 Å². The van der Waals surface area contributed by atoms with Crippen LogP contribution in [0.4, 0.5) is 11.5 Å². The van der Waals surface area contributed by atoms with Crippen LogP contribution in [-0.4, -0.2) is 30.2 Å². The fraction of sp³-hybridized carbons (Fsp3) is 0.692. The number of methoxy groups -OCH3 is 1. The SMILES string of the molecule is CCCCNc1nc(C2CCCO2)nc(OC)c1N. The lowest BCUT2D eigenvalue weighted by molar-refractivity contribution is 0.104. The molecule has 0 spiro atoms. The summed E-state index contributed by atoms with van der Waals surface area (Å²) in [4.78, 5) is 8.82. The Morgan fingerprint density at radius 2 is 2.32 bits per heavy atom. The van der Waals surface area contributed by atoms with Gasteiger partial charge in [-0.25, -0.2) is 4.98 Å². The molecule has 6 nitrogen and oxygen atoms in total. The molecule has 2 heterocycles. The van der Waals surface area contributed by atoms with Crippen LogP contribution in [0, 0.1) is 0 Å². The maximum absolute atomic E-state index is 5.99. The van der Waals surface area contributed by atoms with E-state index in [1.54, 1.807) is 7.11 Å². The molecule has 1 aliphatic heterocycles. The number of aromatic nitrogens is 2. The third-order valence-electron chi connectivity index (χ3n) is 3.16. The van der Waals surface area contributed by atoms with Gasteiger partial charge in [-0.15, -0.1) is 0 Å². The smallest absolute Gasteiger partial charge is 0.242 e. The number of hydrogen-bond acceptors (Lipinski definition) is 6. The second-order valence-electron chi connectivity index (χ2n) is 4.64. The van der Waals surface area contributed by atoms with Crippen molar-refractivity contribution in [2.45, 2.75) is 38.7 Å². The summed E-state index contributed by atoms with van der Waals surface area (Å²) in [6, 6.07) is 0. The van der Waals surface area contributed by atoms with E-state index in [4.69, 9.17) is 15.2 Å². The predicted octanol–water partition coefficient (Wildman–Crippen LogP) is 2.13. The molecule has 1 aromatic rings. The first-order valence-electron chi connectivity index (χ1n) is 6.83. The van der Waals surface area contributed by atoms with Crippen molar-refractivity contribution in [3.05, 3.63) is 5.82 Å². The number of nitrogen functional groups attached to an aromatic ring is 1. The van der Waals surface area contributed by atoms with E-state index in [0.29, 0.717) is 23.2 Å². The van der Waals surface area contributed by atoms with Gasteiger partial charge in [0.25, 0.3) is 0 Å². The number of nitrogens with zero attached hydrogens (tertiary/aromatic N) is 2. The molecule has 0 radical (unpaired) electrons. The molecule has 0 aromatic carbocycles. The summed E-state index contributed by atoms with van der Waals surface area (Å²) >= 11 is 0. The lowest BCUT2D eigenvalue weighted by Gasteiger charge is -2.15. The standard InChI is InChI=1S/C13H22N4O2/c1-3-4-7-15-12-10(14)13(18-2)17-11(16-12)9-6-5-8-19-9/h9H,3-8,14H2,1-2H3,(H,15,16,17). The largest absolute Gasteiger partial charge is 0.479 e. The van der Waals surface area contributed by atoms with Crippen LogP contribution in [0.3, 0.4) is 0 Å². The first kappa shape index (κ1) is 13.9. The highest BCUT2D eigenvalue weighted by Crippen LogP contribution is 2.32. The van der Waals surface area contributed by atoms with E-state index in [2.05, 4.69) is 22.2 Å². The fourth-order valence-electron chi connectivity index (χ4n) is 2.06. The zero-order chi connectivity index (χ0) is 13.7. The number of nitrogens with two attached hydrogens (primary N) is 1. The highest BCUT2D eigenvalue weighted by molar-refractivity contribution is 5.66. The van der Waals surface area contributed by atoms with Crippen LogP contribution in [-0.2, 0) is 4.74 Å². The molecule has 0 saturated carbocycles. The summed E-state index contributed by atoms with van der Waals surface area (Å²) in [6.45, 7) is 3.74. The fourth-order valence-corrected chi connectivity index (χ4v) is 2.06. The van der Waals surface area contributed by atoms with E-state index >= 15 is 0 Å². The van der Waals surface area contributed by atoms with Crippen molar-refractivity contribution in [3.63, 3.8) is 0 Å². The minimum Gasteiger partial charge on any atom is -0.479 e. The van der Waals surface area contributed by atoms with Gasteiger partial charge in [-0.1, -0.05) is 13.3 Å². The predicted molar refractivity (Wildman–Crippen MR) is 74.3 cm³/mol. The Kier molecular flexibility index (Phi) is 4.79. The highest BCUT2D eigenvalue weighted by atomic mass is 16.5. The van der Waals surface area contributed by atoms with Gasteiger partial charge in [0.05, 0.1) is 7.11 Å². The minimum absolute atomic E-state index is 0.0405. The van der Waals surface area contributed by atoms with Crippen molar-refractivity contribution < 1.29 is 9.47 Å². The van der Waals surface area contributed by atoms with Crippen molar-refractivity contribution in [2.75, 3.05) is 31.3 Å². The normalized spacial score (nSPS) is 18.5. The first-order valence-corrected chi connectivity index (χ1v) is 6.83. The molecule has 1 aromatic heterocycles. The van der Waals surface area contributed by atoms with E-state index in [1.807, 2.05) is 0 Å². The van der Waals surface area contributed by atoms with Crippen LogP contribution in [0.5, 0.6) is 5.88 Å². The molecule has 1 aliphatic rings. The van der Waals surface area contributed by atoms with Gasteiger partial charge in [0.15, 0.2) is 11.6 Å². The van der Waals surface area contributed by atoms with Crippen LogP contribution >= 0.6 is 0 Å². The molecule has 1 fully saturated rings. The highest BCUT2D eigenvalue weighted by Gasteiger charge is 2.23. The van der Waals surface area contributed by atoms with Crippen LogP contribution in [0.25, 0.3) is 0 Å². The summed E-state index contributed by atoms with van der Waals surface area (Å²) in [5.74, 6) is 1.72. The van der Waals surface area contributed by atoms with Gasteiger partial charge >= 0.3 is 0 Å². The molecular weight excluding hydrogens is 244 g/mol. The van der Waals surface area contributed by atoms with Crippen LogP contribution in [0.2, 0.25) is 0 Å². The number of rotatable bonds is 6. The van der Waals surface area contributed by atoms with Crippen molar-refractivity contribution in [3.8, 4) is 5.88 Å². The van der Waals surface area contributed by atoms with Crippen molar-refractivity contribution in [1.82, 2.24) is 9.97 Å². The second kappa shape index (κ2) is 6.56. The maximum Gasteiger partial charge on any atom is 0.242 e. The average Bonchev–Trinajstić information content (AvgIpc) is 2.95. The summed E-state index contributed by atoms with van der Waals surface area (Å²) in [7, 11) is 1.56. The molecule has 0 aliphatic carbocycles. The molecule has 1 saturated heterocycles. The molecule has 0 bridgehead atoms. The lowest BCUT2D eigenvalue weighted by Crippen LogP contribution is -2.12. The number of anilines is 2. The van der Waals surface area contributed by atoms with Gasteiger partial charge in [0.1, 0.15) is 11.8 Å². The van der Waals surface area contributed by atoms with Crippen LogP contribution in [0.1, 0.15) is 44.5 Å². The van der Waals surface area contributed by atoms with Crippen molar-refractivity contribution in [2.24, 2.45) is 0 Å². The summed E-state index contributed by atoms with van der Waals surface area (Å²) in [5.41, 5.74) is 6.45. The number of ether oxygens (including phenoxy) is 2. The Morgan fingerprint density at radius 3 is 2.95 bits per heavy atom. The van der Waals surface area contributed by atoms with E-state index < -0.39 is 0 Å². The molecule has 1 unspecified atom stereocenters. The number of nitrogens with one attached hydrogen (secondary N) is 1. The monoisotopic (exact) mass is 266 g/mol. The Labute approximate surface area is 113 Å². The molecule has 19 heavy (non-hydrogen) atoms. The van der Waals surface area contributed by atoms with Gasteiger partial charge in [0.2, 0.25) is 5.88 Å². The number of hydrogen-bond donors (Lipinski definition) is 2. The Morgan fingerprint density at radius 1 is 1.47 bits per heavy atom. The topological polar surface area (TPSA) is 82.3 Å². The van der Waals surface area contributed by atoms with E-state index in [-0.39, 0.29) is 6.10 Å². The van der Waals surface area contributed by atoms with Gasteiger partial charge < -0.3 is 20.5 Å². The number of unbranched alkanes of at least 4 members (excludes halogenated alkanes) is 1. The zero-order valence-corrected chi connectivity index (χ0v) is 11.6. The Balaban J connectivity index is 2.21. The molecule has 0 amide bonds. The quantitative estimate of drug-likeness (QED) is 0.768. The van der Waals surface area contributed by atoms with E-state index in [0.717, 1.165) is 38.8 Å². The average molecular weight is 266 g/mol. The molecule has 2 rings (SSSR count). The molecular formula is C13H22N4O2. The van der Waals surface area contributed by atoms with E-state index in [1.165, 1.54) is 0 Å². The van der Waals surface area contributed by atoms with Gasteiger partial charge in [-0.3, -0.25) is 0 Å². The van der Waals surface area contributed by atoms with Crippen molar-refractivity contribution in [1.29, 1.82) is 0 Å². The molecule has 6 heteroatoms. The third kappa shape index (κ3) is 3.26. The summed E-state index contributed by atoms with van der Waals surface area (Å²) in [5, 5.41) is 3.24. The Bertz CT molecular complexity index is 419. The van der Waals surface area contributed by atoms with Crippen molar-refractivity contribution >= 4 is 11.5 Å². The zero-order valence-electron chi connectivity index (χ0n) is 11.6. The summed E-state index contributed by atoms with van der Waals surface area (Å²) in [6.07, 6.45) is 4.14. The van der Waals surface area contributed by atoms with Gasteiger partial charge in [0, 0.05) is 13.2 Å². The second-order valence-corrected chi connectivity index (χ2v) is 4.64. The summed E-state index contributed by atoms with van der Waals surface area (Å²) < 4.78 is 10.8. The van der Waals surface area contributed by atoms with Gasteiger partial charge in [-0.05, 0) is 19.3 Å². The maximum atomic E-state index is 5.99. The van der Waals surface area contributed by atoms with Crippen LogP contribution < -0.4 is 15.8 Å². The molecule has 1 atom stereocenters. The molecule has 106 valence electrons. The van der Waals surface area contributed by atoms with Gasteiger partial charge in [-0.2, -0.15) is 4.98 Å². The lowest BCUT2D eigenvalue weighted by atomic mass is 10.2. The third-order valence-corrected chi connectivity index (χ3v) is 3.16. The minimum atomic E-state index is -0.0405. The molecule has 3 N–H and O–H groups in total. The first-order chi connectivity index (χ1) is 9.26.